The molecule has 1 heterocycles. The number of benzene rings is 1. The summed E-state index contributed by atoms with van der Waals surface area (Å²) in [6.45, 7) is 6.48. The zero-order valence-corrected chi connectivity index (χ0v) is 23.9. The summed E-state index contributed by atoms with van der Waals surface area (Å²) in [4.78, 5) is 18.4. The van der Waals surface area contributed by atoms with Gasteiger partial charge < -0.3 is 19.7 Å². The molecule has 1 aromatic carbocycles. The summed E-state index contributed by atoms with van der Waals surface area (Å²) in [6, 6.07) is 3.99. The van der Waals surface area contributed by atoms with E-state index < -0.39 is 18.0 Å². The monoisotopic (exact) mass is 570 g/mol. The van der Waals surface area contributed by atoms with Crippen molar-refractivity contribution in [3.05, 3.63) is 41.3 Å². The number of esters is 1. The Morgan fingerprint density at radius 3 is 2.56 bits per heavy atom. The topological polar surface area (TPSA) is 75.2 Å². The number of carbonyl (C=O) groups excluding carboxylic acids is 1. The number of thioether (sulfide) groups is 1. The summed E-state index contributed by atoms with van der Waals surface area (Å²) < 4.78 is 51.4. The lowest BCUT2D eigenvalue weighted by Crippen LogP contribution is -2.40. The van der Waals surface area contributed by atoms with E-state index in [0.717, 1.165) is 49.7 Å². The number of alkyl halides is 3. The first-order valence-electron chi connectivity index (χ1n) is 13.7. The van der Waals surface area contributed by atoms with Gasteiger partial charge in [0.1, 0.15) is 0 Å². The molecule has 0 radical (unpaired) electrons. The Kier molecular flexibility index (Phi) is 12.3. The molecular formula is C28H41F3N4O3S. The predicted molar refractivity (Wildman–Crippen MR) is 151 cm³/mol. The number of hydrogen-bond acceptors (Lipinski definition) is 8. The fourth-order valence-electron chi connectivity index (χ4n) is 5.02. The molecular weight excluding hydrogens is 529 g/mol. The van der Waals surface area contributed by atoms with E-state index in [0.29, 0.717) is 49.3 Å². The molecule has 1 unspecified atom stereocenters. The van der Waals surface area contributed by atoms with Gasteiger partial charge in [-0.25, -0.2) is 4.99 Å². The quantitative estimate of drug-likeness (QED) is 0.224. The molecule has 2 aliphatic rings. The lowest BCUT2D eigenvalue weighted by Gasteiger charge is -2.34. The molecule has 218 valence electrons. The van der Waals surface area contributed by atoms with Crippen LogP contribution in [0.3, 0.4) is 0 Å². The summed E-state index contributed by atoms with van der Waals surface area (Å²) >= 11 is 1.69. The van der Waals surface area contributed by atoms with E-state index in [9.17, 15) is 18.0 Å². The van der Waals surface area contributed by atoms with Crippen molar-refractivity contribution in [1.29, 1.82) is 0 Å². The van der Waals surface area contributed by atoms with E-state index in [4.69, 9.17) is 9.47 Å². The third kappa shape index (κ3) is 9.94. The number of nitrogens with zero attached hydrogens (tertiary/aromatic N) is 2. The van der Waals surface area contributed by atoms with Gasteiger partial charge in [0.05, 0.1) is 25.0 Å². The van der Waals surface area contributed by atoms with Gasteiger partial charge in [-0.15, -0.1) is 0 Å². The second-order valence-corrected chi connectivity index (χ2v) is 10.9. The maximum Gasteiger partial charge on any atom is 0.416 e. The average Bonchev–Trinajstić information content (AvgIpc) is 2.92. The van der Waals surface area contributed by atoms with Gasteiger partial charge >= 0.3 is 12.1 Å². The first kappa shape index (κ1) is 31.1. The number of nitrogens with one attached hydrogen (secondary N) is 2. The number of rotatable bonds is 14. The largest absolute Gasteiger partial charge is 0.490 e. The molecule has 2 N–H and O–H groups in total. The number of ether oxygens (including phenoxy) is 2. The van der Waals surface area contributed by atoms with E-state index in [2.05, 4.69) is 20.5 Å². The van der Waals surface area contributed by atoms with Crippen LogP contribution in [0.25, 0.3) is 0 Å². The third-order valence-corrected chi connectivity index (χ3v) is 7.69. The smallest absolute Gasteiger partial charge is 0.416 e. The Morgan fingerprint density at radius 2 is 1.95 bits per heavy atom. The zero-order valence-electron chi connectivity index (χ0n) is 23.1. The Morgan fingerprint density at radius 1 is 1.21 bits per heavy atom. The van der Waals surface area contributed by atoms with Crippen molar-refractivity contribution in [2.75, 3.05) is 43.2 Å². The Balaban J connectivity index is 1.63. The summed E-state index contributed by atoms with van der Waals surface area (Å²) in [5, 5.41) is 6.30. The summed E-state index contributed by atoms with van der Waals surface area (Å²) in [7, 11) is 0. The van der Waals surface area contributed by atoms with Gasteiger partial charge in [-0.1, -0.05) is 0 Å². The molecule has 1 atom stereocenters. The van der Waals surface area contributed by atoms with E-state index in [1.807, 2.05) is 20.1 Å². The van der Waals surface area contributed by atoms with Crippen LogP contribution in [0.4, 0.5) is 18.9 Å². The maximum atomic E-state index is 13.6. The van der Waals surface area contributed by atoms with Crippen molar-refractivity contribution in [1.82, 2.24) is 10.6 Å². The molecule has 1 saturated carbocycles. The lowest BCUT2D eigenvalue weighted by molar-refractivity contribution is -0.144. The number of anilines is 1. The normalized spacial score (nSPS) is 21.2. The van der Waals surface area contributed by atoms with Crippen molar-refractivity contribution in [2.24, 2.45) is 16.8 Å². The maximum absolute atomic E-state index is 13.6. The van der Waals surface area contributed by atoms with Crippen LogP contribution in [-0.2, 0) is 27.0 Å². The third-order valence-electron chi connectivity index (χ3n) is 7.11. The van der Waals surface area contributed by atoms with E-state index >= 15 is 0 Å². The van der Waals surface area contributed by atoms with Crippen LogP contribution >= 0.6 is 11.8 Å². The summed E-state index contributed by atoms with van der Waals surface area (Å²) in [5.74, 6) is 2.12. The van der Waals surface area contributed by atoms with Gasteiger partial charge in [0.15, 0.2) is 12.0 Å². The van der Waals surface area contributed by atoms with Crippen LogP contribution in [0.2, 0.25) is 0 Å². The van der Waals surface area contributed by atoms with Crippen LogP contribution in [0.1, 0.15) is 57.1 Å². The molecule has 11 heteroatoms. The predicted octanol–water partition coefficient (Wildman–Crippen LogP) is 5.56. The number of halogens is 3. The molecule has 3 rings (SSSR count). The van der Waals surface area contributed by atoms with Crippen LogP contribution in [0, 0.1) is 11.8 Å². The molecule has 0 bridgehead atoms. The number of carbonyl (C=O) groups is 1. The molecule has 0 aromatic heterocycles. The molecule has 1 fully saturated rings. The number of allylic oxidation sites excluding steroid dienone is 1. The van der Waals surface area contributed by atoms with Crippen LogP contribution in [-0.4, -0.2) is 56.8 Å². The molecule has 0 saturated heterocycles. The van der Waals surface area contributed by atoms with E-state index in [-0.39, 0.29) is 12.5 Å². The van der Waals surface area contributed by atoms with E-state index in [1.165, 1.54) is 6.07 Å². The van der Waals surface area contributed by atoms with E-state index in [1.54, 1.807) is 30.2 Å². The molecule has 1 aromatic rings. The highest BCUT2D eigenvalue weighted by Crippen LogP contribution is 2.35. The minimum absolute atomic E-state index is 0.135. The number of aliphatic imine (C=N–C) groups is 1. The zero-order chi connectivity index (χ0) is 28.3. The Hall–Kier alpha value is -2.40. The van der Waals surface area contributed by atoms with Gasteiger partial charge in [-0.3, -0.25) is 10.1 Å². The second kappa shape index (κ2) is 15.4. The fourth-order valence-corrected chi connectivity index (χ4v) is 5.27. The van der Waals surface area contributed by atoms with Crippen molar-refractivity contribution in [3.8, 4) is 0 Å². The fraction of sp³-hybridized carbons (Fsp3) is 0.643. The average molecular weight is 571 g/mol. The first-order valence-corrected chi connectivity index (χ1v) is 15.1. The lowest BCUT2D eigenvalue weighted by atomic mass is 9.80. The molecule has 7 nitrogen and oxygen atoms in total. The minimum Gasteiger partial charge on any atom is -0.490 e. The standard InChI is InChI=1S/C28H41F3N4O3S/c1-4-35(19-21-8-6-20(7-9-21)14-26(36)37-5-2)25-11-10-23(28(29,30)31)15-22(25)16-32-27-33-17-24(18-34-27)38-12-13-39-3/h10-11,15,17-18,20-21,27,32-33H,4-9,12-14,16,19H2,1-3H3. The Bertz CT molecular complexity index is 981. The minimum atomic E-state index is -4.42. The Labute approximate surface area is 234 Å². The highest BCUT2D eigenvalue weighted by molar-refractivity contribution is 7.98. The van der Waals surface area contributed by atoms with Crippen molar-refractivity contribution in [2.45, 2.75) is 65.0 Å². The molecule has 0 amide bonds. The summed E-state index contributed by atoms with van der Waals surface area (Å²) in [5.41, 5.74) is 0.705. The van der Waals surface area contributed by atoms with Gasteiger partial charge in [-0.2, -0.15) is 24.9 Å². The van der Waals surface area contributed by atoms with Gasteiger partial charge in [-0.05, 0) is 81.4 Å². The molecule has 1 aliphatic carbocycles. The van der Waals surface area contributed by atoms with Crippen molar-refractivity contribution < 1.29 is 27.4 Å². The van der Waals surface area contributed by atoms with Gasteiger partial charge in [0.2, 0.25) is 0 Å². The molecule has 39 heavy (non-hydrogen) atoms. The highest BCUT2D eigenvalue weighted by atomic mass is 32.2. The van der Waals surface area contributed by atoms with Crippen LogP contribution < -0.4 is 15.5 Å². The van der Waals surface area contributed by atoms with Crippen molar-refractivity contribution >= 4 is 29.6 Å². The highest BCUT2D eigenvalue weighted by Gasteiger charge is 2.32. The second-order valence-electron chi connectivity index (χ2n) is 9.89. The molecule has 0 spiro atoms. The van der Waals surface area contributed by atoms with Crippen LogP contribution in [0.5, 0.6) is 0 Å². The van der Waals surface area contributed by atoms with Crippen LogP contribution in [0.15, 0.2) is 35.2 Å². The molecule has 1 aliphatic heterocycles. The van der Waals surface area contributed by atoms with Gasteiger partial charge in [0, 0.05) is 43.7 Å². The number of hydrogen-bond donors (Lipinski definition) is 2. The van der Waals surface area contributed by atoms with Crippen molar-refractivity contribution in [3.63, 3.8) is 0 Å². The van der Waals surface area contributed by atoms with Gasteiger partial charge in [0.25, 0.3) is 0 Å². The first-order chi connectivity index (χ1) is 18.7. The summed E-state index contributed by atoms with van der Waals surface area (Å²) in [6.07, 6.45) is 4.82. The SMILES string of the molecule is CCOC(=O)CC1CCC(CN(CC)c2ccc(C(F)(F)F)cc2CNC2N=CC(OCCSC)=CN2)CC1.